The van der Waals surface area contributed by atoms with E-state index in [0.29, 0.717) is 0 Å². The third-order valence-corrected chi connectivity index (χ3v) is 10.6. The second kappa shape index (κ2) is 13.1. The van der Waals surface area contributed by atoms with Gasteiger partial charge in [0.05, 0.1) is 22.5 Å². The average molecular weight is 688 g/mol. The van der Waals surface area contributed by atoms with Crippen LogP contribution in [0.25, 0.3) is 83.4 Å². The number of aromatic nitrogens is 3. The molecule has 0 amide bonds. The Kier molecular flexibility index (Phi) is 8.04. The molecule has 3 heterocycles. The van der Waals surface area contributed by atoms with Gasteiger partial charge < -0.3 is 4.42 Å². The van der Waals surface area contributed by atoms with Crippen molar-refractivity contribution in [2.24, 2.45) is 0 Å². The first-order valence-corrected chi connectivity index (χ1v) is 18.5. The van der Waals surface area contributed by atoms with Crippen LogP contribution in [0.4, 0.5) is 0 Å². The second-order valence-electron chi connectivity index (χ2n) is 14.7. The van der Waals surface area contributed by atoms with Crippen LogP contribution in [0.3, 0.4) is 0 Å². The Hall–Kier alpha value is -6.26. The molecule has 0 fully saturated rings. The Morgan fingerprint density at radius 2 is 1.13 bits per heavy atom. The number of aryl methyl sites for hydroxylation is 1. The summed E-state index contributed by atoms with van der Waals surface area (Å²) in [6.45, 7) is 11.2. The zero-order chi connectivity index (χ0) is 36.2. The van der Waals surface area contributed by atoms with Crippen molar-refractivity contribution in [1.82, 2.24) is 14.5 Å². The van der Waals surface area contributed by atoms with Crippen molar-refractivity contribution in [3.05, 3.63) is 163 Å². The maximum absolute atomic E-state index is 6.87. The molecule has 0 aliphatic rings. The first kappa shape index (κ1) is 32.6. The number of pyridine rings is 1. The molecule has 4 nitrogen and oxygen atoms in total. The summed E-state index contributed by atoms with van der Waals surface area (Å²) in [4.78, 5) is 10.1. The summed E-state index contributed by atoms with van der Waals surface area (Å²) in [5.74, 6) is 1.39. The quantitative estimate of drug-likeness (QED) is 0.167. The van der Waals surface area contributed by atoms with Crippen molar-refractivity contribution < 1.29 is 4.42 Å². The number of benzene rings is 6. The Morgan fingerprint density at radius 3 is 1.77 bits per heavy atom. The van der Waals surface area contributed by atoms with Gasteiger partial charge in [-0.3, -0.25) is 9.55 Å². The van der Waals surface area contributed by atoms with E-state index >= 15 is 0 Å². The largest absolute Gasteiger partial charge is 0.455 e. The molecule has 0 saturated carbocycles. The summed E-state index contributed by atoms with van der Waals surface area (Å²) in [5.41, 5.74) is 16.4. The smallest absolute Gasteiger partial charge is 0.149 e. The molecule has 0 spiro atoms. The van der Waals surface area contributed by atoms with E-state index < -0.39 is 0 Å². The monoisotopic (exact) mass is 687 g/mol. The van der Waals surface area contributed by atoms with Gasteiger partial charge in [0, 0.05) is 17.0 Å². The summed E-state index contributed by atoms with van der Waals surface area (Å²) < 4.78 is 9.25. The van der Waals surface area contributed by atoms with E-state index in [-0.39, 0.29) is 11.8 Å². The van der Waals surface area contributed by atoms with E-state index in [1.807, 2.05) is 13.1 Å². The Bertz CT molecular complexity index is 2740. The van der Waals surface area contributed by atoms with Gasteiger partial charge in [0.25, 0.3) is 0 Å². The minimum absolute atomic E-state index is 0.265. The number of rotatable bonds is 7. The minimum atomic E-state index is 0.265. The predicted molar refractivity (Wildman–Crippen MR) is 221 cm³/mol. The highest BCUT2D eigenvalue weighted by Gasteiger charge is 2.26. The molecule has 0 radical (unpaired) electrons. The van der Waals surface area contributed by atoms with Crippen LogP contribution in [0.2, 0.25) is 0 Å². The van der Waals surface area contributed by atoms with Crippen molar-refractivity contribution in [2.75, 3.05) is 0 Å². The Balaban J connectivity index is 1.25. The van der Waals surface area contributed by atoms with Crippen molar-refractivity contribution >= 4 is 33.0 Å². The van der Waals surface area contributed by atoms with Gasteiger partial charge in [-0.05, 0) is 99.7 Å². The fourth-order valence-corrected chi connectivity index (χ4v) is 7.80. The van der Waals surface area contributed by atoms with Crippen molar-refractivity contribution in [1.29, 1.82) is 0 Å². The predicted octanol–water partition coefficient (Wildman–Crippen LogP) is 13.5. The van der Waals surface area contributed by atoms with Crippen LogP contribution in [-0.4, -0.2) is 14.5 Å². The molecular weight excluding hydrogens is 647 g/mol. The highest BCUT2D eigenvalue weighted by Crippen LogP contribution is 2.43. The number of hydrogen-bond donors (Lipinski definition) is 0. The summed E-state index contributed by atoms with van der Waals surface area (Å²) in [6, 6.07) is 49.8. The van der Waals surface area contributed by atoms with Gasteiger partial charge in [-0.15, -0.1) is 0 Å². The lowest BCUT2D eigenvalue weighted by atomic mass is 9.88. The SMILES string of the molecule is Cc1nccc2c1nc(-c1cccc3c1oc1cc(-c4ccc(-c5ccccc5)cc4)ccc13)n2-c1c(C(C)C)cc(-c2ccccc2)cc1C(C)C. The number of hydrogen-bond acceptors (Lipinski definition) is 3. The topological polar surface area (TPSA) is 43.9 Å². The lowest BCUT2D eigenvalue weighted by Crippen LogP contribution is -2.09. The first-order valence-electron chi connectivity index (χ1n) is 18.5. The molecule has 9 rings (SSSR count). The van der Waals surface area contributed by atoms with Gasteiger partial charge in [0.15, 0.2) is 0 Å². The van der Waals surface area contributed by atoms with Crippen LogP contribution in [-0.2, 0) is 0 Å². The number of fused-ring (bicyclic) bond motifs is 4. The first-order chi connectivity index (χ1) is 25.9. The lowest BCUT2D eigenvalue weighted by Gasteiger charge is -2.24. The van der Waals surface area contributed by atoms with Gasteiger partial charge in [-0.25, -0.2) is 4.98 Å². The fraction of sp³-hybridized carbons (Fsp3) is 0.143. The van der Waals surface area contributed by atoms with Gasteiger partial charge in [0.1, 0.15) is 22.5 Å². The van der Waals surface area contributed by atoms with Crippen LogP contribution in [0.15, 0.2) is 150 Å². The summed E-state index contributed by atoms with van der Waals surface area (Å²) in [7, 11) is 0. The summed E-state index contributed by atoms with van der Waals surface area (Å²) in [6.07, 6.45) is 1.90. The second-order valence-corrected chi connectivity index (χ2v) is 14.7. The molecule has 0 atom stereocenters. The van der Waals surface area contributed by atoms with Gasteiger partial charge in [-0.1, -0.05) is 131 Å². The molecule has 0 N–H and O–H groups in total. The van der Waals surface area contributed by atoms with Crippen LogP contribution < -0.4 is 0 Å². The molecular formula is C49H41N3O. The number of furan rings is 1. The van der Waals surface area contributed by atoms with E-state index in [9.17, 15) is 0 Å². The number of nitrogens with zero attached hydrogens (tertiary/aromatic N) is 3. The van der Waals surface area contributed by atoms with Crippen LogP contribution in [0.1, 0.15) is 56.4 Å². The molecule has 258 valence electrons. The maximum Gasteiger partial charge on any atom is 0.149 e. The van der Waals surface area contributed by atoms with Crippen LogP contribution in [0.5, 0.6) is 0 Å². The van der Waals surface area contributed by atoms with E-state index in [0.717, 1.165) is 61.2 Å². The van der Waals surface area contributed by atoms with Gasteiger partial charge in [-0.2, -0.15) is 0 Å². The minimum Gasteiger partial charge on any atom is -0.455 e. The average Bonchev–Trinajstić information content (AvgIpc) is 3.77. The van der Waals surface area contributed by atoms with E-state index in [1.165, 1.54) is 39.1 Å². The molecule has 0 aliphatic heterocycles. The number of para-hydroxylation sites is 1. The molecule has 0 aliphatic carbocycles. The van der Waals surface area contributed by atoms with E-state index in [2.05, 4.69) is 177 Å². The summed E-state index contributed by atoms with van der Waals surface area (Å²) in [5, 5.41) is 2.16. The molecule has 3 aromatic heterocycles. The Labute approximate surface area is 310 Å². The summed E-state index contributed by atoms with van der Waals surface area (Å²) >= 11 is 0. The lowest BCUT2D eigenvalue weighted by molar-refractivity contribution is 0.669. The third kappa shape index (κ3) is 5.62. The molecule has 4 heteroatoms. The van der Waals surface area contributed by atoms with E-state index in [1.54, 1.807) is 0 Å². The van der Waals surface area contributed by atoms with E-state index in [4.69, 9.17) is 9.40 Å². The zero-order valence-corrected chi connectivity index (χ0v) is 30.8. The molecule has 0 bridgehead atoms. The molecule has 53 heavy (non-hydrogen) atoms. The fourth-order valence-electron chi connectivity index (χ4n) is 7.80. The highest BCUT2D eigenvalue weighted by atomic mass is 16.3. The molecule has 0 unspecified atom stereocenters. The van der Waals surface area contributed by atoms with Gasteiger partial charge in [0.2, 0.25) is 0 Å². The molecule has 9 aromatic rings. The third-order valence-electron chi connectivity index (χ3n) is 10.6. The van der Waals surface area contributed by atoms with Gasteiger partial charge >= 0.3 is 0 Å². The standard InChI is InChI=1S/C49H41N3O/c1-30(2)42-27-38(34-15-10-7-11-16-34)28-43(31(3)4)47(42)52-44-25-26-50-32(5)46(44)51-49(52)41-18-12-17-40-39-24-23-37(29-45(39)53-48(40)41)36-21-19-35(20-22-36)33-13-8-6-9-14-33/h6-31H,1-5H3. The maximum atomic E-state index is 6.87. The van der Waals surface area contributed by atoms with Crippen LogP contribution >= 0.6 is 0 Å². The van der Waals surface area contributed by atoms with Crippen molar-refractivity contribution in [2.45, 2.75) is 46.5 Å². The zero-order valence-electron chi connectivity index (χ0n) is 30.8. The van der Waals surface area contributed by atoms with Crippen molar-refractivity contribution in [3.63, 3.8) is 0 Å². The Morgan fingerprint density at radius 1 is 0.547 bits per heavy atom. The normalized spacial score (nSPS) is 11.8. The van der Waals surface area contributed by atoms with Crippen molar-refractivity contribution in [3.8, 4) is 50.5 Å². The highest BCUT2D eigenvalue weighted by molar-refractivity contribution is 6.10. The molecule has 6 aromatic carbocycles. The molecule has 0 saturated heterocycles. The number of imidazole rings is 1. The van der Waals surface area contributed by atoms with Crippen LogP contribution in [0, 0.1) is 6.92 Å².